The first-order chi connectivity index (χ1) is 20.5. The molecule has 0 aromatic heterocycles. The molecule has 0 radical (unpaired) electrons. The zero-order valence-corrected chi connectivity index (χ0v) is 23.3. The van der Waals surface area contributed by atoms with Gasteiger partial charge in [0, 0.05) is 30.3 Å². The minimum Gasteiger partial charge on any atom is -0.504 e. The number of phenols is 1. The summed E-state index contributed by atoms with van der Waals surface area (Å²) in [5, 5.41) is 55.7. The van der Waals surface area contributed by atoms with Crippen LogP contribution in [0.1, 0.15) is 46.3 Å². The third-order valence-electron chi connectivity index (χ3n) is 9.96. The van der Waals surface area contributed by atoms with E-state index in [9.17, 15) is 24.6 Å². The van der Waals surface area contributed by atoms with E-state index in [4.69, 9.17) is 25.2 Å². The molecular weight excluding hydrogens is 560 g/mol. The number of carbonyl (C=O) groups excluding carboxylic acids is 1. The van der Waals surface area contributed by atoms with Crippen molar-refractivity contribution in [3.05, 3.63) is 71.3 Å². The number of amides is 1. The van der Waals surface area contributed by atoms with Crippen molar-refractivity contribution in [2.75, 3.05) is 13.1 Å². The van der Waals surface area contributed by atoms with Crippen LogP contribution in [0.15, 0.2) is 49.1 Å². The molecule has 2 aliphatic carbocycles. The molecule has 7 rings (SSSR count). The summed E-state index contributed by atoms with van der Waals surface area (Å²) in [5.74, 6) is -2.85. The molecule has 43 heavy (non-hydrogen) atoms. The average Bonchev–Trinajstić information content (AvgIpc) is 3.51. The molecule has 3 aliphatic heterocycles. The molecule has 1 amide bonds. The van der Waals surface area contributed by atoms with E-state index in [1.54, 1.807) is 6.07 Å². The fraction of sp³-hybridized carbons (Fsp3) is 0.452. The van der Waals surface area contributed by atoms with Gasteiger partial charge in [0.15, 0.2) is 23.7 Å². The number of piperidine rings is 1. The molecule has 228 valence electrons. The number of aliphatic hydroxyl groups is 3. The van der Waals surface area contributed by atoms with E-state index in [-0.39, 0.29) is 29.8 Å². The molecular formula is C31H34N2O10. The summed E-state index contributed by atoms with van der Waals surface area (Å²) in [7, 11) is 0. The Morgan fingerprint density at radius 3 is 2.42 bits per heavy atom. The second kappa shape index (κ2) is 10.3. The molecule has 2 bridgehead atoms. The number of aromatic hydroxyl groups is 1. The lowest BCUT2D eigenvalue weighted by molar-refractivity contribution is -0.196. The highest BCUT2D eigenvalue weighted by Gasteiger charge is 2.73. The molecule has 12 heteroatoms. The summed E-state index contributed by atoms with van der Waals surface area (Å²) in [6.45, 7) is 6.06. The highest BCUT2D eigenvalue weighted by atomic mass is 16.5. The van der Waals surface area contributed by atoms with Gasteiger partial charge in [-0.25, -0.2) is 9.59 Å². The number of carboxylic acid groups (broad SMARTS) is 2. The number of benzene rings is 2. The molecule has 1 saturated heterocycles. The quantitative estimate of drug-likeness (QED) is 0.258. The topological polar surface area (TPSA) is 188 Å². The third kappa shape index (κ3) is 4.08. The summed E-state index contributed by atoms with van der Waals surface area (Å²) in [6, 6.07) is 11.3. The predicted octanol–water partition coefficient (Wildman–Crippen LogP) is 0.634. The Kier molecular flexibility index (Phi) is 7.00. The first kappa shape index (κ1) is 29.1. The molecule has 6 N–H and O–H groups in total. The van der Waals surface area contributed by atoms with E-state index in [2.05, 4.69) is 11.5 Å². The van der Waals surface area contributed by atoms with Crippen molar-refractivity contribution in [1.82, 2.24) is 9.80 Å². The van der Waals surface area contributed by atoms with Gasteiger partial charge >= 0.3 is 11.9 Å². The summed E-state index contributed by atoms with van der Waals surface area (Å²) < 4.78 is 6.60. The predicted molar refractivity (Wildman–Crippen MR) is 150 cm³/mol. The molecule has 12 nitrogen and oxygen atoms in total. The van der Waals surface area contributed by atoms with Crippen LogP contribution in [0.3, 0.4) is 0 Å². The molecule has 3 heterocycles. The van der Waals surface area contributed by atoms with E-state index >= 15 is 0 Å². The highest BCUT2D eigenvalue weighted by molar-refractivity contribution is 5.98. The summed E-state index contributed by atoms with van der Waals surface area (Å²) >= 11 is 0. The van der Waals surface area contributed by atoms with Gasteiger partial charge in [-0.2, -0.15) is 0 Å². The van der Waals surface area contributed by atoms with Crippen LogP contribution in [0.25, 0.3) is 0 Å². The average molecular weight is 595 g/mol. The Hall–Kier alpha value is -3.97. The highest BCUT2D eigenvalue weighted by Crippen LogP contribution is 2.66. The van der Waals surface area contributed by atoms with Gasteiger partial charge in [-0.1, -0.05) is 30.3 Å². The van der Waals surface area contributed by atoms with Gasteiger partial charge in [-0.3, -0.25) is 9.69 Å². The van der Waals surface area contributed by atoms with Crippen molar-refractivity contribution in [3.8, 4) is 11.5 Å². The maximum atomic E-state index is 13.4. The summed E-state index contributed by atoms with van der Waals surface area (Å²) in [4.78, 5) is 37.3. The van der Waals surface area contributed by atoms with Crippen LogP contribution in [-0.4, -0.2) is 107 Å². The maximum Gasteiger partial charge on any atom is 0.335 e. The lowest BCUT2D eigenvalue weighted by Crippen LogP contribution is -2.78. The van der Waals surface area contributed by atoms with Crippen LogP contribution in [0, 0.1) is 0 Å². The number of phenolic OH excluding ortho intramolecular Hbond substituents is 1. The van der Waals surface area contributed by atoms with Gasteiger partial charge in [-0.05, 0) is 55.5 Å². The second-order valence-electron chi connectivity index (χ2n) is 11.9. The van der Waals surface area contributed by atoms with Crippen LogP contribution < -0.4 is 4.74 Å². The zero-order chi connectivity index (χ0) is 30.8. The number of aliphatic hydroxyl groups excluding tert-OH is 2. The normalized spacial score (nSPS) is 31.1. The SMILES string of the molecule is C=CCN1CC[C@]23c4c5ccc(O)c4O[C@H]2[C@@H](N2Cc4ccccc4C2=O)CCC3(O)[C@H]1C5.O=C(O)C(O)C(O)C(=O)O. The van der Waals surface area contributed by atoms with Crippen molar-refractivity contribution in [1.29, 1.82) is 0 Å². The van der Waals surface area contributed by atoms with Gasteiger partial charge < -0.3 is 40.3 Å². The van der Waals surface area contributed by atoms with Crippen molar-refractivity contribution in [2.45, 2.75) is 73.6 Å². The van der Waals surface area contributed by atoms with Gasteiger partial charge in [0.1, 0.15) is 6.10 Å². The van der Waals surface area contributed by atoms with Crippen LogP contribution >= 0.6 is 0 Å². The summed E-state index contributed by atoms with van der Waals surface area (Å²) in [6.07, 6.45) is -0.277. The number of ether oxygens (including phenoxy) is 1. The number of fused-ring (bicyclic) bond motifs is 1. The Morgan fingerprint density at radius 2 is 1.77 bits per heavy atom. The molecule has 2 aromatic rings. The standard InChI is InChI=1S/C27H28N2O4.C4H6O6/c1-2-12-28-13-11-26-22-16-7-8-20(30)23(22)33-24(26)19(9-10-27(26,32)21(28)14-16)29-15-17-5-3-4-6-18(17)25(29)31;5-1(3(7)8)2(6)4(9)10/h2-8,19,21,24,30,32H,1,9-15H2;1-2,5-6H,(H,7,8)(H,9,10)/t19-,21+,24-,26-,27?;/m0./s1. The Morgan fingerprint density at radius 1 is 1.07 bits per heavy atom. The minimum atomic E-state index is -2.27. The zero-order valence-electron chi connectivity index (χ0n) is 23.3. The third-order valence-corrected chi connectivity index (χ3v) is 9.96. The van der Waals surface area contributed by atoms with Crippen LogP contribution in [-0.2, 0) is 28.0 Å². The lowest BCUT2D eigenvalue weighted by atomic mass is 9.48. The van der Waals surface area contributed by atoms with E-state index in [1.807, 2.05) is 41.3 Å². The lowest BCUT2D eigenvalue weighted by Gasteiger charge is -2.64. The van der Waals surface area contributed by atoms with Crippen molar-refractivity contribution in [2.24, 2.45) is 0 Å². The van der Waals surface area contributed by atoms with Gasteiger partial charge in [0.05, 0.1) is 17.1 Å². The Bertz CT molecular complexity index is 1490. The monoisotopic (exact) mass is 594 g/mol. The molecule has 7 atom stereocenters. The van der Waals surface area contributed by atoms with Crippen molar-refractivity contribution >= 4 is 17.8 Å². The van der Waals surface area contributed by atoms with E-state index in [0.717, 1.165) is 48.2 Å². The fourth-order valence-corrected chi connectivity index (χ4v) is 8.12. The summed E-state index contributed by atoms with van der Waals surface area (Å²) in [5.41, 5.74) is 2.33. The number of aliphatic carboxylic acids is 2. The van der Waals surface area contributed by atoms with Gasteiger partial charge in [0.2, 0.25) is 0 Å². The molecule has 1 spiro atoms. The fourth-order valence-electron chi connectivity index (χ4n) is 8.12. The molecule has 5 aliphatic rings. The minimum absolute atomic E-state index is 0.0363. The van der Waals surface area contributed by atoms with Crippen molar-refractivity contribution < 1.29 is 49.8 Å². The number of rotatable bonds is 6. The Labute approximate surface area is 247 Å². The molecule has 1 saturated carbocycles. The number of likely N-dealkylation sites (tertiary alicyclic amines) is 1. The molecule has 2 fully saturated rings. The van der Waals surface area contributed by atoms with E-state index in [0.29, 0.717) is 25.1 Å². The molecule has 2 aromatic carbocycles. The number of hydrogen-bond donors (Lipinski definition) is 6. The number of hydrogen-bond acceptors (Lipinski definition) is 9. The molecule has 3 unspecified atom stereocenters. The van der Waals surface area contributed by atoms with Crippen LogP contribution in [0.4, 0.5) is 0 Å². The smallest absolute Gasteiger partial charge is 0.335 e. The maximum absolute atomic E-state index is 13.4. The first-order valence-corrected chi connectivity index (χ1v) is 14.3. The van der Waals surface area contributed by atoms with Crippen LogP contribution in [0.2, 0.25) is 0 Å². The van der Waals surface area contributed by atoms with E-state index in [1.165, 1.54) is 0 Å². The second-order valence-corrected chi connectivity index (χ2v) is 11.9. The van der Waals surface area contributed by atoms with Crippen molar-refractivity contribution in [3.63, 3.8) is 0 Å². The number of nitrogens with zero attached hydrogens (tertiary/aromatic N) is 2. The number of carbonyl (C=O) groups is 3. The first-order valence-electron chi connectivity index (χ1n) is 14.3. The largest absolute Gasteiger partial charge is 0.504 e. The van der Waals surface area contributed by atoms with Gasteiger partial charge in [-0.15, -0.1) is 6.58 Å². The van der Waals surface area contributed by atoms with Gasteiger partial charge in [0.25, 0.3) is 5.91 Å². The van der Waals surface area contributed by atoms with Crippen LogP contribution in [0.5, 0.6) is 11.5 Å². The Balaban J connectivity index is 0.000000286. The van der Waals surface area contributed by atoms with E-state index < -0.39 is 35.2 Å². The number of carboxylic acids is 2.